The molecule has 3 nitrogen and oxygen atoms in total. The van der Waals surface area contributed by atoms with Gasteiger partial charge in [0, 0.05) is 29.2 Å². The largest absolute Gasteiger partial charge is 0.207 e. The zero-order valence-corrected chi connectivity index (χ0v) is 8.20. The first-order chi connectivity index (χ1) is 7.65. The number of nitrogens with zero attached hydrogens (tertiary/aromatic N) is 3. The summed E-state index contributed by atoms with van der Waals surface area (Å²) in [5, 5.41) is 3.24. The predicted molar refractivity (Wildman–Crippen MR) is 54.0 cm³/mol. The Kier molecular flexibility index (Phi) is 4.42. The third-order valence-electron chi connectivity index (χ3n) is 1.79. The fourth-order valence-corrected chi connectivity index (χ4v) is 1.09. The molecule has 16 heavy (non-hydrogen) atoms. The first kappa shape index (κ1) is 12.1. The highest BCUT2D eigenvalue weighted by Gasteiger charge is 2.07. The number of azide groups is 1. The molecule has 0 atom stereocenters. The molecule has 0 bridgehead atoms. The van der Waals surface area contributed by atoms with E-state index in [4.69, 9.17) is 5.53 Å². The van der Waals surface area contributed by atoms with Crippen LogP contribution in [0.15, 0.2) is 23.3 Å². The second-order valence-corrected chi connectivity index (χ2v) is 2.93. The molecular weight excluding hydrogens is 219 g/mol. The van der Waals surface area contributed by atoms with E-state index in [1.165, 1.54) is 12.2 Å². The van der Waals surface area contributed by atoms with E-state index >= 15 is 0 Å². The van der Waals surface area contributed by atoms with E-state index in [2.05, 4.69) is 10.0 Å². The molecule has 1 aromatic carbocycles. The van der Waals surface area contributed by atoms with Gasteiger partial charge in [-0.1, -0.05) is 17.3 Å². The van der Waals surface area contributed by atoms with Crippen LogP contribution in [-0.4, -0.2) is 6.54 Å². The Balaban J connectivity index is 2.77. The number of hydrogen-bond donors (Lipinski definition) is 0. The molecule has 0 aliphatic rings. The van der Waals surface area contributed by atoms with Crippen molar-refractivity contribution in [1.29, 1.82) is 0 Å². The van der Waals surface area contributed by atoms with Gasteiger partial charge in [0.1, 0.15) is 17.5 Å². The van der Waals surface area contributed by atoms with Crippen molar-refractivity contribution in [1.82, 2.24) is 0 Å². The smallest absolute Gasteiger partial charge is 0.136 e. The highest BCUT2D eigenvalue weighted by atomic mass is 19.1. The van der Waals surface area contributed by atoms with Gasteiger partial charge in [0.2, 0.25) is 0 Å². The predicted octanol–water partition coefficient (Wildman–Crippen LogP) is 3.82. The van der Waals surface area contributed by atoms with Crippen molar-refractivity contribution < 1.29 is 13.2 Å². The van der Waals surface area contributed by atoms with Crippen LogP contribution in [-0.2, 0) is 0 Å². The monoisotopic (exact) mass is 227 g/mol. The van der Waals surface area contributed by atoms with Crippen molar-refractivity contribution >= 4 is 6.08 Å². The van der Waals surface area contributed by atoms with Crippen LogP contribution in [0.4, 0.5) is 13.2 Å². The summed E-state index contributed by atoms with van der Waals surface area (Å²) in [6, 6.07) is 1.21. The average Bonchev–Trinajstić information content (AvgIpc) is 2.20. The lowest BCUT2D eigenvalue weighted by molar-refractivity contribution is 0.540. The SMILES string of the molecule is [N-]=[N+]=NCCC=Cc1c(F)cc(F)cc1F. The van der Waals surface area contributed by atoms with Gasteiger partial charge in [0.15, 0.2) is 0 Å². The second kappa shape index (κ2) is 5.82. The Morgan fingerprint density at radius 1 is 1.25 bits per heavy atom. The fourth-order valence-electron chi connectivity index (χ4n) is 1.09. The van der Waals surface area contributed by atoms with Crippen molar-refractivity contribution in [2.45, 2.75) is 6.42 Å². The van der Waals surface area contributed by atoms with Gasteiger partial charge >= 0.3 is 0 Å². The Bertz CT molecular complexity index is 428. The summed E-state index contributed by atoms with van der Waals surface area (Å²) in [7, 11) is 0. The molecule has 0 fully saturated rings. The van der Waals surface area contributed by atoms with Crippen LogP contribution in [0.2, 0.25) is 0 Å². The van der Waals surface area contributed by atoms with Gasteiger partial charge in [-0.25, -0.2) is 13.2 Å². The van der Waals surface area contributed by atoms with Gasteiger partial charge in [-0.3, -0.25) is 0 Å². The second-order valence-electron chi connectivity index (χ2n) is 2.93. The van der Waals surface area contributed by atoms with Crippen LogP contribution in [0.3, 0.4) is 0 Å². The zero-order chi connectivity index (χ0) is 12.0. The van der Waals surface area contributed by atoms with Crippen LogP contribution >= 0.6 is 0 Å². The first-order valence-electron chi connectivity index (χ1n) is 4.47. The van der Waals surface area contributed by atoms with E-state index < -0.39 is 17.5 Å². The summed E-state index contributed by atoms with van der Waals surface area (Å²) in [6.45, 7) is 0.206. The van der Waals surface area contributed by atoms with Gasteiger partial charge in [-0.05, 0) is 12.0 Å². The molecule has 0 saturated heterocycles. The van der Waals surface area contributed by atoms with Gasteiger partial charge < -0.3 is 0 Å². The summed E-state index contributed by atoms with van der Waals surface area (Å²) >= 11 is 0. The molecule has 0 heterocycles. The van der Waals surface area contributed by atoms with Crippen LogP contribution < -0.4 is 0 Å². The molecule has 0 radical (unpaired) electrons. The fraction of sp³-hybridized carbons (Fsp3) is 0.200. The van der Waals surface area contributed by atoms with Crippen molar-refractivity contribution in [3.05, 3.63) is 51.7 Å². The molecule has 1 aromatic rings. The lowest BCUT2D eigenvalue weighted by Gasteiger charge is -1.99. The van der Waals surface area contributed by atoms with E-state index in [9.17, 15) is 13.2 Å². The summed E-state index contributed by atoms with van der Waals surface area (Å²) < 4.78 is 38.7. The topological polar surface area (TPSA) is 48.8 Å². The summed E-state index contributed by atoms with van der Waals surface area (Å²) in [5.74, 6) is -2.88. The average molecular weight is 227 g/mol. The molecule has 84 valence electrons. The molecule has 0 saturated carbocycles. The van der Waals surface area contributed by atoms with Gasteiger partial charge in [-0.15, -0.1) is 0 Å². The summed E-state index contributed by atoms with van der Waals surface area (Å²) in [6.07, 6.45) is 3.01. The molecule has 0 spiro atoms. The van der Waals surface area contributed by atoms with Gasteiger partial charge in [-0.2, -0.15) is 0 Å². The van der Waals surface area contributed by atoms with E-state index in [0.29, 0.717) is 18.6 Å². The minimum atomic E-state index is -0.961. The maximum Gasteiger partial charge on any atom is 0.136 e. The van der Waals surface area contributed by atoms with Crippen LogP contribution in [0.25, 0.3) is 16.5 Å². The molecule has 6 heteroatoms. The van der Waals surface area contributed by atoms with E-state index in [0.717, 1.165) is 0 Å². The molecule has 0 N–H and O–H groups in total. The first-order valence-corrected chi connectivity index (χ1v) is 4.47. The van der Waals surface area contributed by atoms with Gasteiger partial charge in [0.05, 0.1) is 0 Å². The standard InChI is InChI=1S/C10H8F3N3/c11-7-5-9(12)8(10(13)6-7)3-1-2-4-15-16-14/h1,3,5-6H,2,4H2. The number of rotatable bonds is 4. The van der Waals surface area contributed by atoms with Crippen molar-refractivity contribution in [2.24, 2.45) is 5.11 Å². The van der Waals surface area contributed by atoms with Crippen LogP contribution in [0, 0.1) is 17.5 Å². The Hall–Kier alpha value is -1.94. The number of benzene rings is 1. The normalized spacial score (nSPS) is 10.4. The lowest BCUT2D eigenvalue weighted by atomic mass is 10.1. The third kappa shape index (κ3) is 3.33. The Labute approximate surface area is 89.8 Å². The Morgan fingerprint density at radius 2 is 1.88 bits per heavy atom. The lowest BCUT2D eigenvalue weighted by Crippen LogP contribution is -1.91. The molecule has 0 aliphatic heterocycles. The van der Waals surface area contributed by atoms with Crippen molar-refractivity contribution in [2.75, 3.05) is 6.54 Å². The minimum Gasteiger partial charge on any atom is -0.207 e. The van der Waals surface area contributed by atoms with E-state index in [1.54, 1.807) is 0 Å². The maximum atomic E-state index is 13.1. The van der Waals surface area contributed by atoms with Crippen LogP contribution in [0.1, 0.15) is 12.0 Å². The number of halogens is 3. The molecular formula is C10H8F3N3. The molecule has 0 aliphatic carbocycles. The molecule has 0 amide bonds. The molecule has 0 unspecified atom stereocenters. The summed E-state index contributed by atoms with van der Waals surface area (Å²) in [5.41, 5.74) is 7.67. The van der Waals surface area contributed by atoms with Gasteiger partial charge in [0.25, 0.3) is 0 Å². The van der Waals surface area contributed by atoms with E-state index in [1.807, 2.05) is 0 Å². The Morgan fingerprint density at radius 3 is 2.44 bits per heavy atom. The summed E-state index contributed by atoms with van der Waals surface area (Å²) in [4.78, 5) is 2.52. The molecule has 0 aromatic heterocycles. The zero-order valence-electron chi connectivity index (χ0n) is 8.20. The van der Waals surface area contributed by atoms with E-state index in [-0.39, 0.29) is 12.1 Å². The van der Waals surface area contributed by atoms with Crippen molar-refractivity contribution in [3.63, 3.8) is 0 Å². The maximum absolute atomic E-state index is 13.1. The molecule has 1 rings (SSSR count). The van der Waals surface area contributed by atoms with Crippen molar-refractivity contribution in [3.8, 4) is 0 Å². The quantitative estimate of drug-likeness (QED) is 0.325. The highest BCUT2D eigenvalue weighted by molar-refractivity contribution is 5.50. The minimum absolute atomic E-state index is 0.206. The van der Waals surface area contributed by atoms with Crippen LogP contribution in [0.5, 0.6) is 0 Å². The third-order valence-corrected chi connectivity index (χ3v) is 1.79. The number of hydrogen-bond acceptors (Lipinski definition) is 1. The highest BCUT2D eigenvalue weighted by Crippen LogP contribution is 2.16.